The molecule has 230 valence electrons. The average Bonchev–Trinajstić information content (AvgIpc) is 2.74. The highest BCUT2D eigenvalue weighted by Gasteiger charge is 2.76. The quantitative estimate of drug-likeness (QED) is 0.264. The number of hydrogen-bond acceptors (Lipinski definition) is 4. The van der Waals surface area contributed by atoms with Gasteiger partial charge in [-0.25, -0.2) is 0 Å². The third kappa shape index (κ3) is 5.28. The van der Waals surface area contributed by atoms with Gasteiger partial charge in [0, 0.05) is 22.0 Å². The van der Waals surface area contributed by atoms with E-state index in [9.17, 15) is 52.7 Å². The minimum Gasteiger partial charge on any atom is -0.380 e. The van der Waals surface area contributed by atoms with Crippen LogP contribution in [0.1, 0.15) is 37.8 Å². The molecule has 0 N–H and O–H groups in total. The summed E-state index contributed by atoms with van der Waals surface area (Å²) in [5.74, 6) is 0. The van der Waals surface area contributed by atoms with Gasteiger partial charge in [-0.3, -0.25) is 0 Å². The lowest BCUT2D eigenvalue weighted by Crippen LogP contribution is -2.59. The molecular formula is C24H26F12O4. The molecule has 0 atom stereocenters. The summed E-state index contributed by atoms with van der Waals surface area (Å²) in [6.07, 6.45) is -24.6. The van der Waals surface area contributed by atoms with Crippen molar-refractivity contribution in [1.82, 2.24) is 0 Å². The highest BCUT2D eigenvalue weighted by atomic mass is 19.4. The van der Waals surface area contributed by atoms with Crippen LogP contribution < -0.4 is 0 Å². The van der Waals surface area contributed by atoms with E-state index >= 15 is 0 Å². The van der Waals surface area contributed by atoms with Crippen molar-refractivity contribution >= 4 is 0 Å². The van der Waals surface area contributed by atoms with Crippen molar-refractivity contribution in [2.75, 3.05) is 39.6 Å². The molecule has 2 heterocycles. The van der Waals surface area contributed by atoms with Crippen molar-refractivity contribution in [3.05, 3.63) is 35.4 Å². The Morgan fingerprint density at radius 3 is 0.950 bits per heavy atom. The van der Waals surface area contributed by atoms with Crippen molar-refractivity contribution < 1.29 is 71.6 Å². The van der Waals surface area contributed by atoms with Crippen LogP contribution in [0.15, 0.2) is 24.3 Å². The van der Waals surface area contributed by atoms with Crippen molar-refractivity contribution in [2.45, 2.75) is 62.6 Å². The highest BCUT2D eigenvalue weighted by Crippen LogP contribution is 2.57. The first kappa shape index (κ1) is 32.7. The molecule has 0 amide bonds. The van der Waals surface area contributed by atoms with Gasteiger partial charge in [0.05, 0.1) is 39.6 Å². The SMILES string of the molecule is CCC1(COC(c2ccc(C(OCC3(CC)COC3)(C(F)(F)F)C(F)(F)F)cc2)(C(F)(F)F)C(F)(F)F)COC1. The first-order valence-electron chi connectivity index (χ1n) is 12.0. The molecule has 2 aliphatic rings. The van der Waals surface area contributed by atoms with Crippen molar-refractivity contribution in [3.8, 4) is 0 Å². The monoisotopic (exact) mass is 606 g/mol. The van der Waals surface area contributed by atoms with Gasteiger partial charge in [-0.2, -0.15) is 52.7 Å². The first-order chi connectivity index (χ1) is 18.2. The van der Waals surface area contributed by atoms with E-state index in [0.717, 1.165) is 0 Å². The second kappa shape index (κ2) is 10.5. The van der Waals surface area contributed by atoms with Gasteiger partial charge in [0.2, 0.25) is 0 Å². The predicted octanol–water partition coefficient (Wildman–Crippen LogP) is 7.21. The van der Waals surface area contributed by atoms with E-state index in [1.807, 2.05) is 0 Å². The standard InChI is InChI=1S/C24H26F12O4/c1-3-17(9-37-10-17)13-39-19(21(25,26)27,22(28,29)30)15-5-7-16(8-6-15)20(23(31,32)33,24(34,35)36)40-14-18(4-2)11-38-12-18/h5-8H,3-4,9-14H2,1-2H3. The summed E-state index contributed by atoms with van der Waals surface area (Å²) in [5.41, 5.74) is -16.0. The van der Waals surface area contributed by atoms with Crippen molar-refractivity contribution in [3.63, 3.8) is 0 Å². The zero-order valence-corrected chi connectivity index (χ0v) is 21.1. The maximum atomic E-state index is 14.1. The zero-order chi connectivity index (χ0) is 30.5. The second-order valence-corrected chi connectivity index (χ2v) is 10.2. The molecule has 16 heteroatoms. The van der Waals surface area contributed by atoms with E-state index in [4.69, 9.17) is 9.47 Å². The molecule has 3 rings (SSSR count). The molecule has 2 aliphatic heterocycles. The summed E-state index contributed by atoms with van der Waals surface area (Å²) in [6, 6.07) is -0.429. The summed E-state index contributed by atoms with van der Waals surface area (Å²) in [6.45, 7) is -0.0189. The molecule has 2 fully saturated rings. The normalized spacial score (nSPS) is 20.1. The fourth-order valence-corrected chi connectivity index (χ4v) is 4.49. The Bertz CT molecular complexity index is 883. The Balaban J connectivity index is 2.12. The van der Waals surface area contributed by atoms with Crippen molar-refractivity contribution in [2.24, 2.45) is 10.8 Å². The minimum absolute atomic E-state index is 0.0824. The maximum absolute atomic E-state index is 14.1. The molecule has 0 radical (unpaired) electrons. The molecule has 0 bridgehead atoms. The molecule has 4 nitrogen and oxygen atoms in total. The van der Waals surface area contributed by atoms with E-state index in [1.165, 1.54) is 13.8 Å². The van der Waals surface area contributed by atoms with E-state index in [0.29, 0.717) is 0 Å². The van der Waals surface area contributed by atoms with Crippen LogP contribution in [0.4, 0.5) is 52.7 Å². The van der Waals surface area contributed by atoms with Gasteiger partial charge >= 0.3 is 24.7 Å². The Morgan fingerprint density at radius 1 is 0.550 bits per heavy atom. The van der Waals surface area contributed by atoms with Crippen LogP contribution >= 0.6 is 0 Å². The molecule has 40 heavy (non-hydrogen) atoms. The van der Waals surface area contributed by atoms with Crippen LogP contribution in [0.3, 0.4) is 0 Å². The average molecular weight is 606 g/mol. The lowest BCUT2D eigenvalue weighted by molar-refractivity contribution is -0.399. The van der Waals surface area contributed by atoms with Gasteiger partial charge < -0.3 is 18.9 Å². The molecule has 0 aliphatic carbocycles. The van der Waals surface area contributed by atoms with Crippen LogP contribution in [-0.2, 0) is 30.1 Å². The molecule has 1 aromatic carbocycles. The van der Waals surface area contributed by atoms with Gasteiger partial charge in [0.25, 0.3) is 11.2 Å². The Hall–Kier alpha value is -1.78. The van der Waals surface area contributed by atoms with Crippen molar-refractivity contribution in [1.29, 1.82) is 0 Å². The lowest BCUT2D eigenvalue weighted by Gasteiger charge is -2.45. The Labute approximate surface area is 220 Å². The van der Waals surface area contributed by atoms with Gasteiger partial charge in [0.15, 0.2) is 0 Å². The number of rotatable bonds is 10. The summed E-state index contributed by atoms with van der Waals surface area (Å²) in [4.78, 5) is 0. The summed E-state index contributed by atoms with van der Waals surface area (Å²) in [5, 5.41) is 0. The van der Waals surface area contributed by atoms with Gasteiger partial charge in [-0.1, -0.05) is 38.1 Å². The smallest absolute Gasteiger partial charge is 0.380 e. The zero-order valence-electron chi connectivity index (χ0n) is 21.1. The van der Waals surface area contributed by atoms with E-state index in [1.54, 1.807) is 0 Å². The topological polar surface area (TPSA) is 36.9 Å². The minimum atomic E-state index is -6.20. The fraction of sp³-hybridized carbons (Fsp3) is 0.750. The van der Waals surface area contributed by atoms with Crippen LogP contribution in [-0.4, -0.2) is 64.3 Å². The van der Waals surface area contributed by atoms with Crippen LogP contribution in [0.2, 0.25) is 0 Å². The van der Waals surface area contributed by atoms with Gasteiger partial charge in [-0.05, 0) is 12.8 Å². The lowest BCUT2D eigenvalue weighted by atomic mass is 9.82. The van der Waals surface area contributed by atoms with Crippen LogP contribution in [0.25, 0.3) is 0 Å². The first-order valence-corrected chi connectivity index (χ1v) is 12.0. The largest absolute Gasteiger partial charge is 0.430 e. The number of alkyl halides is 12. The second-order valence-electron chi connectivity index (χ2n) is 10.2. The highest BCUT2D eigenvalue weighted by molar-refractivity contribution is 5.35. The third-order valence-electron chi connectivity index (χ3n) is 7.62. The summed E-state index contributed by atoms with van der Waals surface area (Å²) in [7, 11) is 0. The molecule has 0 saturated carbocycles. The molecule has 0 spiro atoms. The maximum Gasteiger partial charge on any atom is 0.430 e. The molecule has 0 aromatic heterocycles. The molecule has 1 aromatic rings. The number of hydrogen-bond donors (Lipinski definition) is 0. The fourth-order valence-electron chi connectivity index (χ4n) is 4.49. The molecule has 0 unspecified atom stereocenters. The predicted molar refractivity (Wildman–Crippen MR) is 113 cm³/mol. The number of benzene rings is 1. The third-order valence-corrected chi connectivity index (χ3v) is 7.62. The van der Waals surface area contributed by atoms with Gasteiger partial charge in [0.1, 0.15) is 0 Å². The van der Waals surface area contributed by atoms with E-state index in [2.05, 4.69) is 9.47 Å². The van der Waals surface area contributed by atoms with Crippen LogP contribution in [0, 0.1) is 10.8 Å². The van der Waals surface area contributed by atoms with Crippen LogP contribution in [0.5, 0.6) is 0 Å². The Kier molecular flexibility index (Phi) is 8.59. The van der Waals surface area contributed by atoms with E-state index < -0.39 is 71.1 Å². The van der Waals surface area contributed by atoms with Gasteiger partial charge in [-0.15, -0.1) is 0 Å². The number of halogens is 12. The Morgan fingerprint density at radius 2 is 0.800 bits per heavy atom. The summed E-state index contributed by atoms with van der Waals surface area (Å²) >= 11 is 0. The summed E-state index contributed by atoms with van der Waals surface area (Å²) < 4.78 is 188. The van der Waals surface area contributed by atoms with E-state index in [-0.39, 0.29) is 63.5 Å². The number of ether oxygens (including phenoxy) is 4. The molecular weight excluding hydrogens is 580 g/mol. The molecule has 2 saturated heterocycles.